The number of anilines is 2. The first-order valence-corrected chi connectivity index (χ1v) is 9.98. The lowest BCUT2D eigenvalue weighted by Gasteiger charge is -2.28. The molecule has 0 bridgehead atoms. The van der Waals surface area contributed by atoms with Crippen molar-refractivity contribution in [3.05, 3.63) is 75.6 Å². The van der Waals surface area contributed by atoms with Gasteiger partial charge in [0, 0.05) is 11.1 Å². The molecule has 0 spiro atoms. The van der Waals surface area contributed by atoms with Gasteiger partial charge in [-0.05, 0) is 39.6 Å². The van der Waals surface area contributed by atoms with E-state index in [2.05, 4.69) is 69.2 Å². The summed E-state index contributed by atoms with van der Waals surface area (Å²) in [7, 11) is 1.61. The van der Waals surface area contributed by atoms with Gasteiger partial charge in [0.2, 0.25) is 5.95 Å². The molecule has 1 aliphatic rings. The molecule has 2 aromatic carbocycles. The molecule has 3 heterocycles. The van der Waals surface area contributed by atoms with Crippen LogP contribution in [0.2, 0.25) is 0 Å². The fourth-order valence-electron chi connectivity index (χ4n) is 3.90. The highest BCUT2D eigenvalue weighted by molar-refractivity contribution is 5.76. The summed E-state index contributed by atoms with van der Waals surface area (Å²) in [4.78, 5) is 12.7. The van der Waals surface area contributed by atoms with Gasteiger partial charge in [-0.15, -0.1) is 0 Å². The molecular formula is C22H21N7O2. The Balaban J connectivity index is 1.76. The third-order valence-electron chi connectivity index (χ3n) is 5.53. The van der Waals surface area contributed by atoms with Crippen molar-refractivity contribution in [3.8, 4) is 17.0 Å². The molecule has 31 heavy (non-hydrogen) atoms. The number of nitrogens with one attached hydrogen (secondary N) is 2. The molecule has 2 aromatic heterocycles. The van der Waals surface area contributed by atoms with Crippen LogP contribution >= 0.6 is 0 Å². The van der Waals surface area contributed by atoms with E-state index < -0.39 is 6.04 Å². The van der Waals surface area contributed by atoms with Crippen LogP contribution in [0.3, 0.4) is 0 Å². The highest BCUT2D eigenvalue weighted by Gasteiger charge is 2.34. The van der Waals surface area contributed by atoms with Gasteiger partial charge in [0.05, 0.1) is 12.8 Å². The molecule has 0 saturated carbocycles. The summed E-state index contributed by atoms with van der Waals surface area (Å²) in [5, 5.41) is 22.1. The molecule has 0 aliphatic carbocycles. The van der Waals surface area contributed by atoms with Crippen molar-refractivity contribution in [2.24, 2.45) is 0 Å². The van der Waals surface area contributed by atoms with Gasteiger partial charge in [0.25, 0.3) is 5.56 Å². The van der Waals surface area contributed by atoms with Crippen molar-refractivity contribution < 1.29 is 4.74 Å². The van der Waals surface area contributed by atoms with Crippen LogP contribution in [0.4, 0.5) is 11.6 Å². The minimum absolute atomic E-state index is 0.334. The summed E-state index contributed by atoms with van der Waals surface area (Å²) < 4.78 is 7.06. The maximum absolute atomic E-state index is 12.7. The van der Waals surface area contributed by atoms with Gasteiger partial charge in [-0.3, -0.25) is 4.79 Å². The minimum Gasteiger partial charge on any atom is -0.497 e. The van der Waals surface area contributed by atoms with Crippen LogP contribution in [-0.4, -0.2) is 37.5 Å². The summed E-state index contributed by atoms with van der Waals surface area (Å²) in [6.45, 7) is 4.30. The van der Waals surface area contributed by atoms with Crippen molar-refractivity contribution in [3.63, 3.8) is 0 Å². The number of aromatic nitrogens is 6. The Labute approximate surface area is 178 Å². The Morgan fingerprint density at radius 2 is 1.94 bits per heavy atom. The van der Waals surface area contributed by atoms with E-state index in [1.54, 1.807) is 11.8 Å². The van der Waals surface area contributed by atoms with Crippen LogP contribution in [0, 0.1) is 0 Å². The molecule has 0 saturated heterocycles. The summed E-state index contributed by atoms with van der Waals surface area (Å²) in [6, 6.07) is 15.4. The van der Waals surface area contributed by atoms with Crippen molar-refractivity contribution >= 4 is 11.6 Å². The monoisotopic (exact) mass is 415 g/mol. The number of hydrogen-bond acceptors (Lipinski definition) is 7. The third-order valence-corrected chi connectivity index (χ3v) is 5.53. The average Bonchev–Trinajstić information content (AvgIpc) is 3.26. The molecule has 9 heteroatoms. The standard InChI is InChI=1S/C22H21N7O2/c1-12(2)13-7-9-14(10-8-13)20-17-18(15-5-4-6-16(11-15)31-3)24-25-21(30)19(17)23-22-26-27-28-29(20)22/h4-12,20H,1-3H3,(H,25,30)(H,23,26,28). The van der Waals surface area contributed by atoms with Gasteiger partial charge in [-0.2, -0.15) is 9.78 Å². The lowest BCUT2D eigenvalue weighted by molar-refractivity contribution is 0.415. The fraction of sp³-hybridized carbons (Fsp3) is 0.227. The molecule has 1 atom stereocenters. The first-order valence-electron chi connectivity index (χ1n) is 9.98. The molecule has 1 unspecified atom stereocenters. The first-order chi connectivity index (χ1) is 15.1. The molecule has 2 N–H and O–H groups in total. The second-order valence-electron chi connectivity index (χ2n) is 7.72. The van der Waals surface area contributed by atoms with Gasteiger partial charge in [-0.25, -0.2) is 5.10 Å². The van der Waals surface area contributed by atoms with E-state index in [0.29, 0.717) is 34.6 Å². The van der Waals surface area contributed by atoms with Crippen molar-refractivity contribution in [2.75, 3.05) is 12.4 Å². The number of methoxy groups -OCH3 is 1. The molecule has 0 amide bonds. The molecule has 0 fully saturated rings. The van der Waals surface area contributed by atoms with Crippen LogP contribution in [0.15, 0.2) is 53.3 Å². The average molecular weight is 415 g/mol. The Hall–Kier alpha value is -4.01. The summed E-state index contributed by atoms with van der Waals surface area (Å²) in [6.07, 6.45) is 0. The largest absolute Gasteiger partial charge is 0.497 e. The van der Waals surface area contributed by atoms with E-state index in [0.717, 1.165) is 11.1 Å². The Bertz CT molecular complexity index is 1310. The van der Waals surface area contributed by atoms with Gasteiger partial charge in [0.1, 0.15) is 17.5 Å². The van der Waals surface area contributed by atoms with Gasteiger partial charge < -0.3 is 10.1 Å². The molecule has 1 aliphatic heterocycles. The summed E-state index contributed by atoms with van der Waals surface area (Å²) in [5.74, 6) is 1.51. The van der Waals surface area contributed by atoms with Crippen LogP contribution < -0.4 is 15.6 Å². The maximum atomic E-state index is 12.7. The van der Waals surface area contributed by atoms with E-state index in [-0.39, 0.29) is 5.56 Å². The minimum atomic E-state index is -0.418. The Morgan fingerprint density at radius 3 is 2.68 bits per heavy atom. The van der Waals surface area contributed by atoms with Crippen molar-refractivity contribution in [2.45, 2.75) is 25.8 Å². The Kier molecular flexibility index (Phi) is 4.50. The van der Waals surface area contributed by atoms with Crippen LogP contribution in [0.5, 0.6) is 5.75 Å². The predicted octanol–water partition coefficient (Wildman–Crippen LogP) is 3.25. The molecule has 9 nitrogen and oxygen atoms in total. The van der Waals surface area contributed by atoms with E-state index >= 15 is 0 Å². The normalized spacial score (nSPS) is 14.6. The smallest absolute Gasteiger partial charge is 0.288 e. The summed E-state index contributed by atoms with van der Waals surface area (Å²) >= 11 is 0. The van der Waals surface area contributed by atoms with Crippen LogP contribution in [0.1, 0.15) is 42.5 Å². The quantitative estimate of drug-likeness (QED) is 0.463. The predicted molar refractivity (Wildman–Crippen MR) is 116 cm³/mol. The number of H-pyrrole nitrogens is 1. The second-order valence-corrected chi connectivity index (χ2v) is 7.72. The van der Waals surface area contributed by atoms with Crippen molar-refractivity contribution in [1.29, 1.82) is 0 Å². The lowest BCUT2D eigenvalue weighted by atomic mass is 9.91. The number of rotatable bonds is 4. The number of ether oxygens (including phenoxy) is 1. The molecule has 4 aromatic rings. The topological polar surface area (TPSA) is 111 Å². The summed E-state index contributed by atoms with van der Waals surface area (Å²) in [5.41, 5.74) is 4.38. The maximum Gasteiger partial charge on any atom is 0.288 e. The van der Waals surface area contributed by atoms with Crippen molar-refractivity contribution in [1.82, 2.24) is 30.4 Å². The van der Waals surface area contributed by atoms with E-state index in [1.165, 1.54) is 5.56 Å². The fourth-order valence-corrected chi connectivity index (χ4v) is 3.90. The zero-order valence-electron chi connectivity index (χ0n) is 17.3. The van der Waals surface area contributed by atoms with Gasteiger partial charge in [0.15, 0.2) is 0 Å². The number of nitrogens with zero attached hydrogens (tertiary/aromatic N) is 5. The molecule has 5 rings (SSSR count). The third kappa shape index (κ3) is 3.14. The van der Waals surface area contributed by atoms with Crippen LogP contribution in [-0.2, 0) is 0 Å². The highest BCUT2D eigenvalue weighted by Crippen LogP contribution is 2.41. The lowest BCUT2D eigenvalue weighted by Crippen LogP contribution is -2.29. The number of benzene rings is 2. The van der Waals surface area contributed by atoms with E-state index in [1.807, 2.05) is 24.3 Å². The SMILES string of the molecule is COc1cccc(-c2n[nH]c(=O)c3c2C(c2ccc(C(C)C)cc2)n2nnnc2N3)c1. The zero-order valence-corrected chi connectivity index (χ0v) is 17.3. The first kappa shape index (κ1) is 19.0. The molecular weight excluding hydrogens is 394 g/mol. The molecule has 156 valence electrons. The Morgan fingerprint density at radius 1 is 1.13 bits per heavy atom. The van der Waals surface area contributed by atoms with Gasteiger partial charge >= 0.3 is 0 Å². The number of fused-ring (bicyclic) bond motifs is 2. The highest BCUT2D eigenvalue weighted by atomic mass is 16.5. The number of aromatic amines is 1. The van der Waals surface area contributed by atoms with Crippen LogP contribution in [0.25, 0.3) is 11.3 Å². The van der Waals surface area contributed by atoms with Gasteiger partial charge in [-0.1, -0.05) is 55.3 Å². The zero-order chi connectivity index (χ0) is 21.5. The van der Waals surface area contributed by atoms with E-state index in [4.69, 9.17) is 4.74 Å². The number of tetrazole rings is 1. The molecule has 0 radical (unpaired) electrons. The van der Waals surface area contributed by atoms with E-state index in [9.17, 15) is 4.79 Å². The second kappa shape index (κ2) is 7.35. The number of hydrogen-bond donors (Lipinski definition) is 2.